The van der Waals surface area contributed by atoms with E-state index in [4.69, 9.17) is 9.84 Å². The van der Waals surface area contributed by atoms with Crippen LogP contribution in [0.5, 0.6) is 0 Å². The summed E-state index contributed by atoms with van der Waals surface area (Å²) < 4.78 is 5.45. The zero-order valence-corrected chi connectivity index (χ0v) is 10.8. The van der Waals surface area contributed by atoms with E-state index in [2.05, 4.69) is 0 Å². The Balaban J connectivity index is 2.70. The third-order valence-corrected chi connectivity index (χ3v) is 3.42. The van der Waals surface area contributed by atoms with E-state index in [0.717, 1.165) is 0 Å². The number of morpholine rings is 1. The van der Waals surface area contributed by atoms with Crippen molar-refractivity contribution < 1.29 is 19.4 Å². The Labute approximate surface area is 102 Å². The van der Waals surface area contributed by atoms with Gasteiger partial charge in [0.15, 0.2) is 0 Å². The van der Waals surface area contributed by atoms with E-state index >= 15 is 0 Å². The van der Waals surface area contributed by atoms with Crippen LogP contribution in [0.4, 0.5) is 0 Å². The van der Waals surface area contributed by atoms with Gasteiger partial charge in [-0.05, 0) is 13.8 Å². The molecule has 0 aromatic carbocycles. The lowest BCUT2D eigenvalue weighted by atomic mass is 9.94. The molecule has 0 saturated carbocycles. The average molecular weight is 243 g/mol. The van der Waals surface area contributed by atoms with E-state index in [1.807, 2.05) is 13.8 Å². The standard InChI is InChI=1S/C12H21NO4/c1-7-6-17-8(2)5-13(7)11(14)9(3)10(4)12(15)16/h7-10H,5-6H2,1-4H3,(H,15,16). The molecule has 0 bridgehead atoms. The van der Waals surface area contributed by atoms with Gasteiger partial charge in [0.05, 0.1) is 24.7 Å². The van der Waals surface area contributed by atoms with Crippen LogP contribution in [0.25, 0.3) is 0 Å². The minimum Gasteiger partial charge on any atom is -0.481 e. The highest BCUT2D eigenvalue weighted by Crippen LogP contribution is 2.19. The molecule has 17 heavy (non-hydrogen) atoms. The lowest BCUT2D eigenvalue weighted by Gasteiger charge is -2.38. The molecule has 0 radical (unpaired) electrons. The number of rotatable bonds is 3. The number of ether oxygens (including phenoxy) is 1. The first-order valence-corrected chi connectivity index (χ1v) is 5.99. The van der Waals surface area contributed by atoms with Gasteiger partial charge in [-0.25, -0.2) is 0 Å². The van der Waals surface area contributed by atoms with Crippen LogP contribution in [0.2, 0.25) is 0 Å². The summed E-state index contributed by atoms with van der Waals surface area (Å²) in [6.07, 6.45) is 0.0162. The molecule has 1 N–H and O–H groups in total. The number of carboxylic acids is 1. The highest BCUT2D eigenvalue weighted by atomic mass is 16.5. The van der Waals surface area contributed by atoms with Crippen molar-refractivity contribution in [3.8, 4) is 0 Å². The van der Waals surface area contributed by atoms with Gasteiger partial charge in [-0.2, -0.15) is 0 Å². The maximum absolute atomic E-state index is 12.2. The molecule has 4 atom stereocenters. The van der Waals surface area contributed by atoms with Crippen LogP contribution in [0, 0.1) is 11.8 Å². The molecule has 0 aromatic rings. The monoisotopic (exact) mass is 243 g/mol. The summed E-state index contributed by atoms with van der Waals surface area (Å²) in [7, 11) is 0. The molecule has 1 fully saturated rings. The van der Waals surface area contributed by atoms with Crippen molar-refractivity contribution in [3.05, 3.63) is 0 Å². The molecule has 1 aliphatic heterocycles. The topological polar surface area (TPSA) is 66.8 Å². The second-order valence-corrected chi connectivity index (χ2v) is 4.90. The van der Waals surface area contributed by atoms with Crippen LogP contribution >= 0.6 is 0 Å². The summed E-state index contributed by atoms with van der Waals surface area (Å²) in [6.45, 7) is 8.13. The van der Waals surface area contributed by atoms with E-state index < -0.39 is 17.8 Å². The molecule has 1 aliphatic rings. The number of carboxylic acid groups (broad SMARTS) is 1. The molecule has 1 heterocycles. The van der Waals surface area contributed by atoms with Crippen LogP contribution < -0.4 is 0 Å². The Bertz CT molecular complexity index is 305. The van der Waals surface area contributed by atoms with Crippen molar-refractivity contribution in [2.24, 2.45) is 11.8 Å². The molecule has 5 nitrogen and oxygen atoms in total. The number of nitrogens with zero attached hydrogens (tertiary/aromatic N) is 1. The van der Waals surface area contributed by atoms with Gasteiger partial charge < -0.3 is 14.7 Å². The largest absolute Gasteiger partial charge is 0.481 e. The fraction of sp³-hybridized carbons (Fsp3) is 0.833. The summed E-state index contributed by atoms with van der Waals surface area (Å²) in [5, 5.41) is 8.92. The Morgan fingerprint density at radius 1 is 1.29 bits per heavy atom. The molecule has 1 amide bonds. The van der Waals surface area contributed by atoms with Crippen LogP contribution in [0.3, 0.4) is 0 Å². The quantitative estimate of drug-likeness (QED) is 0.802. The molecule has 5 heteroatoms. The lowest BCUT2D eigenvalue weighted by Crippen LogP contribution is -2.52. The van der Waals surface area contributed by atoms with E-state index in [0.29, 0.717) is 13.2 Å². The number of hydrogen-bond acceptors (Lipinski definition) is 3. The number of carbonyl (C=O) groups is 2. The molecule has 4 unspecified atom stereocenters. The molecule has 1 saturated heterocycles. The van der Waals surface area contributed by atoms with Gasteiger partial charge in [0.1, 0.15) is 0 Å². The second kappa shape index (κ2) is 5.49. The van der Waals surface area contributed by atoms with Crippen LogP contribution in [-0.4, -0.2) is 47.2 Å². The second-order valence-electron chi connectivity index (χ2n) is 4.90. The van der Waals surface area contributed by atoms with Crippen LogP contribution in [-0.2, 0) is 14.3 Å². The number of amides is 1. The van der Waals surface area contributed by atoms with Crippen molar-refractivity contribution in [3.63, 3.8) is 0 Å². The normalized spacial score (nSPS) is 28.6. The first-order valence-electron chi connectivity index (χ1n) is 5.99. The Kier molecular flexibility index (Phi) is 4.51. The van der Waals surface area contributed by atoms with Gasteiger partial charge in [0, 0.05) is 12.5 Å². The summed E-state index contributed by atoms with van der Waals surface area (Å²) in [4.78, 5) is 24.8. The Morgan fingerprint density at radius 3 is 2.41 bits per heavy atom. The zero-order chi connectivity index (χ0) is 13.2. The minimum atomic E-state index is -0.931. The number of hydrogen-bond donors (Lipinski definition) is 1. The fourth-order valence-electron chi connectivity index (χ4n) is 1.90. The third-order valence-electron chi connectivity index (χ3n) is 3.42. The van der Waals surface area contributed by atoms with Gasteiger partial charge in [-0.15, -0.1) is 0 Å². The Morgan fingerprint density at radius 2 is 1.88 bits per heavy atom. The average Bonchev–Trinajstić information content (AvgIpc) is 2.29. The van der Waals surface area contributed by atoms with Gasteiger partial charge in [-0.1, -0.05) is 13.8 Å². The first-order chi connectivity index (χ1) is 7.84. The highest BCUT2D eigenvalue weighted by Gasteiger charge is 2.34. The van der Waals surface area contributed by atoms with E-state index in [1.54, 1.807) is 18.7 Å². The summed E-state index contributed by atoms with van der Waals surface area (Å²) in [6, 6.07) is 0.0159. The molecular weight excluding hydrogens is 222 g/mol. The smallest absolute Gasteiger partial charge is 0.307 e. The first kappa shape index (κ1) is 14.0. The summed E-state index contributed by atoms with van der Waals surface area (Å²) in [5.74, 6) is -2.18. The third kappa shape index (κ3) is 3.19. The van der Waals surface area contributed by atoms with E-state index in [9.17, 15) is 9.59 Å². The summed E-state index contributed by atoms with van der Waals surface area (Å²) in [5.41, 5.74) is 0. The summed E-state index contributed by atoms with van der Waals surface area (Å²) >= 11 is 0. The van der Waals surface area contributed by atoms with Crippen molar-refractivity contribution in [2.45, 2.75) is 39.8 Å². The highest BCUT2D eigenvalue weighted by molar-refractivity contribution is 5.84. The predicted octanol–water partition coefficient (Wildman–Crippen LogP) is 0.979. The Hall–Kier alpha value is -1.10. The number of aliphatic carboxylic acids is 1. The van der Waals surface area contributed by atoms with Crippen molar-refractivity contribution in [1.82, 2.24) is 4.90 Å². The molecular formula is C12H21NO4. The molecule has 98 valence electrons. The maximum atomic E-state index is 12.2. The van der Waals surface area contributed by atoms with Gasteiger partial charge in [0.2, 0.25) is 5.91 Å². The van der Waals surface area contributed by atoms with Gasteiger partial charge in [0.25, 0.3) is 0 Å². The maximum Gasteiger partial charge on any atom is 0.307 e. The molecule has 0 aromatic heterocycles. The van der Waals surface area contributed by atoms with Crippen molar-refractivity contribution in [2.75, 3.05) is 13.2 Å². The van der Waals surface area contributed by atoms with Crippen molar-refractivity contribution in [1.29, 1.82) is 0 Å². The van der Waals surface area contributed by atoms with Crippen LogP contribution in [0.15, 0.2) is 0 Å². The molecule has 1 rings (SSSR count). The predicted molar refractivity (Wildman–Crippen MR) is 62.6 cm³/mol. The molecule has 0 aliphatic carbocycles. The molecule has 0 spiro atoms. The van der Waals surface area contributed by atoms with E-state index in [-0.39, 0.29) is 18.1 Å². The van der Waals surface area contributed by atoms with Gasteiger partial charge in [-0.3, -0.25) is 9.59 Å². The lowest BCUT2D eigenvalue weighted by molar-refractivity contribution is -0.155. The fourth-order valence-corrected chi connectivity index (χ4v) is 1.90. The number of carbonyl (C=O) groups excluding carboxylic acids is 1. The zero-order valence-electron chi connectivity index (χ0n) is 10.8. The minimum absolute atomic E-state index is 0.0159. The van der Waals surface area contributed by atoms with E-state index in [1.165, 1.54) is 0 Å². The SMILES string of the molecule is CC1CN(C(=O)C(C)C(C)C(=O)O)C(C)CO1. The van der Waals surface area contributed by atoms with Crippen LogP contribution in [0.1, 0.15) is 27.7 Å². The van der Waals surface area contributed by atoms with Gasteiger partial charge >= 0.3 is 5.97 Å². The van der Waals surface area contributed by atoms with Crippen molar-refractivity contribution >= 4 is 11.9 Å².